The molecule has 1 amide bonds. The number of aliphatic hydroxyl groups excluding tert-OH is 1. The predicted octanol–water partition coefficient (Wildman–Crippen LogP) is 2.49. The lowest BCUT2D eigenvalue weighted by molar-refractivity contribution is 0.0551. The molecule has 0 saturated heterocycles. The van der Waals surface area contributed by atoms with E-state index < -0.39 is 23.6 Å². The van der Waals surface area contributed by atoms with Crippen molar-refractivity contribution in [3.8, 4) is 0 Å². The highest BCUT2D eigenvalue weighted by Crippen LogP contribution is 2.21. The molecule has 0 saturated carbocycles. The van der Waals surface area contributed by atoms with Crippen LogP contribution in [0, 0.1) is 17.0 Å². The number of aliphatic hydroxyl groups is 1. The van der Waals surface area contributed by atoms with Gasteiger partial charge in [-0.05, 0) is 30.0 Å². The molecule has 1 rings (SSSR count). The average molecular weight is 271 g/mol. The Morgan fingerprint density at radius 3 is 2.47 bits per heavy atom. The number of hydrogen-bond donors (Lipinski definition) is 2. The third-order valence-corrected chi connectivity index (χ3v) is 2.88. The van der Waals surface area contributed by atoms with Gasteiger partial charge in [0.25, 0.3) is 5.91 Å². The van der Waals surface area contributed by atoms with Gasteiger partial charge in [0.1, 0.15) is 0 Å². The normalized spacial score (nSPS) is 13.2. The van der Waals surface area contributed by atoms with Crippen molar-refractivity contribution < 1.29 is 18.7 Å². The van der Waals surface area contributed by atoms with Gasteiger partial charge in [0.2, 0.25) is 0 Å². The number of carbonyl (C=O) groups is 1. The summed E-state index contributed by atoms with van der Waals surface area (Å²) in [5, 5.41) is 12.3. The van der Waals surface area contributed by atoms with Crippen LogP contribution in [-0.4, -0.2) is 23.7 Å². The fraction of sp³-hybridized carbons (Fsp3) is 0.500. The summed E-state index contributed by atoms with van der Waals surface area (Å²) in [7, 11) is 0. The second kappa shape index (κ2) is 6.10. The van der Waals surface area contributed by atoms with Crippen LogP contribution < -0.4 is 5.32 Å². The van der Waals surface area contributed by atoms with E-state index in [4.69, 9.17) is 0 Å². The molecule has 0 aromatic heterocycles. The number of rotatable bonds is 4. The lowest BCUT2D eigenvalue weighted by atomic mass is 9.87. The summed E-state index contributed by atoms with van der Waals surface area (Å²) in [5.41, 5.74) is -0.198. The Kier molecular flexibility index (Phi) is 5.00. The lowest BCUT2D eigenvalue weighted by Gasteiger charge is -2.25. The zero-order valence-corrected chi connectivity index (χ0v) is 11.3. The Morgan fingerprint density at radius 1 is 1.32 bits per heavy atom. The number of benzene rings is 1. The molecule has 106 valence electrons. The third-order valence-electron chi connectivity index (χ3n) is 2.88. The maximum Gasteiger partial charge on any atom is 0.251 e. The lowest BCUT2D eigenvalue weighted by Crippen LogP contribution is -2.32. The van der Waals surface area contributed by atoms with E-state index in [-0.39, 0.29) is 17.5 Å². The van der Waals surface area contributed by atoms with Crippen LogP contribution in [0.15, 0.2) is 18.2 Å². The minimum absolute atomic E-state index is 0.0594. The standard InChI is InChI=1S/C14H19F2NO2/c1-14(2,3)12(18)6-7-17-13(19)9-4-5-10(15)11(16)8-9/h4-5,8,12,18H,6-7H2,1-3H3,(H,17,19). The van der Waals surface area contributed by atoms with Gasteiger partial charge in [-0.3, -0.25) is 4.79 Å². The fourth-order valence-corrected chi connectivity index (χ4v) is 1.49. The molecule has 3 nitrogen and oxygen atoms in total. The van der Waals surface area contributed by atoms with Crippen LogP contribution in [0.4, 0.5) is 8.78 Å². The monoisotopic (exact) mass is 271 g/mol. The fourth-order valence-electron chi connectivity index (χ4n) is 1.49. The first kappa shape index (κ1) is 15.6. The van der Waals surface area contributed by atoms with E-state index in [9.17, 15) is 18.7 Å². The summed E-state index contributed by atoms with van der Waals surface area (Å²) in [4.78, 5) is 11.7. The largest absolute Gasteiger partial charge is 0.393 e. The van der Waals surface area contributed by atoms with Crippen LogP contribution in [0.25, 0.3) is 0 Å². The second-order valence-electron chi connectivity index (χ2n) is 5.56. The zero-order chi connectivity index (χ0) is 14.6. The highest BCUT2D eigenvalue weighted by Gasteiger charge is 2.21. The number of carbonyl (C=O) groups excluding carboxylic acids is 1. The Bertz CT molecular complexity index is 455. The summed E-state index contributed by atoms with van der Waals surface area (Å²) in [6, 6.07) is 2.98. The number of amides is 1. The Hall–Kier alpha value is -1.49. The first-order valence-corrected chi connectivity index (χ1v) is 6.13. The number of halogens is 2. The third kappa shape index (κ3) is 4.59. The van der Waals surface area contributed by atoms with Crippen LogP contribution in [-0.2, 0) is 0 Å². The van der Waals surface area contributed by atoms with Gasteiger partial charge in [0.05, 0.1) is 6.10 Å². The topological polar surface area (TPSA) is 49.3 Å². The van der Waals surface area contributed by atoms with E-state index in [2.05, 4.69) is 5.32 Å². The van der Waals surface area contributed by atoms with Gasteiger partial charge >= 0.3 is 0 Å². The Labute approximate surface area is 111 Å². The average Bonchev–Trinajstić information content (AvgIpc) is 2.31. The summed E-state index contributed by atoms with van der Waals surface area (Å²) >= 11 is 0. The Balaban J connectivity index is 2.50. The maximum atomic E-state index is 13.0. The van der Waals surface area contributed by atoms with Crippen molar-refractivity contribution in [1.82, 2.24) is 5.32 Å². The van der Waals surface area contributed by atoms with Crippen molar-refractivity contribution in [1.29, 1.82) is 0 Å². The van der Waals surface area contributed by atoms with Gasteiger partial charge in [-0.25, -0.2) is 8.78 Å². The van der Waals surface area contributed by atoms with Crippen LogP contribution in [0.5, 0.6) is 0 Å². The van der Waals surface area contributed by atoms with E-state index in [1.807, 2.05) is 20.8 Å². The van der Waals surface area contributed by atoms with Crippen molar-refractivity contribution in [2.45, 2.75) is 33.3 Å². The van der Waals surface area contributed by atoms with E-state index in [1.54, 1.807) is 0 Å². The minimum atomic E-state index is -1.05. The van der Waals surface area contributed by atoms with Gasteiger partial charge in [0.15, 0.2) is 11.6 Å². The van der Waals surface area contributed by atoms with Crippen molar-refractivity contribution in [2.75, 3.05) is 6.54 Å². The summed E-state index contributed by atoms with van der Waals surface area (Å²) < 4.78 is 25.7. The first-order valence-electron chi connectivity index (χ1n) is 6.13. The van der Waals surface area contributed by atoms with Gasteiger partial charge in [0, 0.05) is 12.1 Å². The number of nitrogens with one attached hydrogen (secondary N) is 1. The molecule has 0 fully saturated rings. The molecule has 0 aliphatic carbocycles. The van der Waals surface area contributed by atoms with Crippen LogP contribution in [0.1, 0.15) is 37.6 Å². The number of hydrogen-bond acceptors (Lipinski definition) is 2. The molecule has 0 aliphatic rings. The first-order chi connectivity index (χ1) is 8.71. The molecule has 0 heterocycles. The van der Waals surface area contributed by atoms with E-state index >= 15 is 0 Å². The summed E-state index contributed by atoms with van der Waals surface area (Å²) in [6.07, 6.45) is -0.142. The van der Waals surface area contributed by atoms with Crippen molar-refractivity contribution >= 4 is 5.91 Å². The van der Waals surface area contributed by atoms with Gasteiger partial charge in [-0.15, -0.1) is 0 Å². The van der Waals surface area contributed by atoms with Crippen molar-refractivity contribution in [2.24, 2.45) is 5.41 Å². The van der Waals surface area contributed by atoms with Gasteiger partial charge < -0.3 is 10.4 Å². The SMILES string of the molecule is CC(C)(C)C(O)CCNC(=O)c1ccc(F)c(F)c1. The molecule has 1 aromatic carbocycles. The van der Waals surface area contributed by atoms with Crippen LogP contribution in [0.3, 0.4) is 0 Å². The maximum absolute atomic E-state index is 13.0. The van der Waals surface area contributed by atoms with Gasteiger partial charge in [-0.1, -0.05) is 20.8 Å². The highest BCUT2D eigenvalue weighted by molar-refractivity contribution is 5.94. The molecule has 19 heavy (non-hydrogen) atoms. The zero-order valence-electron chi connectivity index (χ0n) is 11.3. The molecule has 0 bridgehead atoms. The molecule has 1 unspecified atom stereocenters. The molecule has 2 N–H and O–H groups in total. The molecule has 5 heteroatoms. The molecule has 0 spiro atoms. The Morgan fingerprint density at radius 2 is 1.95 bits per heavy atom. The van der Waals surface area contributed by atoms with E-state index in [0.717, 1.165) is 12.1 Å². The van der Waals surface area contributed by atoms with E-state index in [0.29, 0.717) is 6.42 Å². The quantitative estimate of drug-likeness (QED) is 0.884. The minimum Gasteiger partial charge on any atom is -0.393 e. The molecular formula is C14H19F2NO2. The molecule has 0 aliphatic heterocycles. The highest BCUT2D eigenvalue weighted by atomic mass is 19.2. The second-order valence-corrected chi connectivity index (χ2v) is 5.56. The van der Waals surface area contributed by atoms with Crippen molar-refractivity contribution in [3.63, 3.8) is 0 Å². The van der Waals surface area contributed by atoms with Gasteiger partial charge in [-0.2, -0.15) is 0 Å². The summed E-state index contributed by atoms with van der Waals surface area (Å²) in [6.45, 7) is 5.97. The molecular weight excluding hydrogens is 252 g/mol. The van der Waals surface area contributed by atoms with Crippen LogP contribution >= 0.6 is 0 Å². The predicted molar refractivity (Wildman–Crippen MR) is 68.8 cm³/mol. The summed E-state index contributed by atoms with van der Waals surface area (Å²) in [5.74, 6) is -2.53. The molecule has 1 atom stereocenters. The molecule has 0 radical (unpaired) electrons. The molecule has 1 aromatic rings. The van der Waals surface area contributed by atoms with Crippen LogP contribution in [0.2, 0.25) is 0 Å². The van der Waals surface area contributed by atoms with E-state index in [1.165, 1.54) is 6.07 Å². The van der Waals surface area contributed by atoms with Crippen molar-refractivity contribution in [3.05, 3.63) is 35.4 Å². The smallest absolute Gasteiger partial charge is 0.251 e.